The number of rotatable bonds is 9. The van der Waals surface area contributed by atoms with Crippen molar-refractivity contribution >= 4 is 22.8 Å². The van der Waals surface area contributed by atoms with Crippen LogP contribution < -0.4 is 20.4 Å². The van der Waals surface area contributed by atoms with Crippen LogP contribution in [-0.2, 0) is 11.3 Å². The monoisotopic (exact) mass is 461 g/mol. The first-order valence-electron chi connectivity index (χ1n) is 10.8. The maximum Gasteiger partial charge on any atom is 0.349 e. The van der Waals surface area contributed by atoms with Crippen LogP contribution >= 0.6 is 0 Å². The maximum atomic E-state index is 12.4. The molecule has 8 nitrogen and oxygen atoms in total. The van der Waals surface area contributed by atoms with Crippen LogP contribution in [0.15, 0.2) is 80.6 Å². The SMILES string of the molecule is Cc1ccc(OCCCC(=O)Oc2ccc3cc(C(=O)NCc4ccco4)c(=O)oc3c2)cc1. The van der Waals surface area contributed by atoms with Gasteiger partial charge in [-0.25, -0.2) is 4.79 Å². The van der Waals surface area contributed by atoms with Gasteiger partial charge in [-0.2, -0.15) is 0 Å². The van der Waals surface area contributed by atoms with Gasteiger partial charge in [0.05, 0.1) is 19.4 Å². The Bertz CT molecular complexity index is 1340. The molecule has 34 heavy (non-hydrogen) atoms. The molecule has 2 aromatic carbocycles. The molecule has 1 amide bonds. The van der Waals surface area contributed by atoms with E-state index in [2.05, 4.69) is 5.32 Å². The zero-order valence-corrected chi connectivity index (χ0v) is 18.5. The van der Waals surface area contributed by atoms with Gasteiger partial charge in [-0.05, 0) is 55.8 Å². The molecule has 2 aromatic heterocycles. The van der Waals surface area contributed by atoms with E-state index in [0.717, 1.165) is 11.3 Å². The molecule has 1 N–H and O–H groups in total. The van der Waals surface area contributed by atoms with Crippen LogP contribution in [0.25, 0.3) is 11.0 Å². The molecule has 0 aliphatic heterocycles. The Hall–Kier alpha value is -4.33. The Kier molecular flexibility index (Phi) is 7.07. The zero-order chi connectivity index (χ0) is 23.9. The van der Waals surface area contributed by atoms with Gasteiger partial charge in [-0.3, -0.25) is 9.59 Å². The summed E-state index contributed by atoms with van der Waals surface area (Å²) in [6.07, 6.45) is 2.16. The van der Waals surface area contributed by atoms with Crippen LogP contribution in [0.2, 0.25) is 0 Å². The maximum absolute atomic E-state index is 12.4. The van der Waals surface area contributed by atoms with Crippen LogP contribution in [0.3, 0.4) is 0 Å². The van der Waals surface area contributed by atoms with Crippen LogP contribution in [0, 0.1) is 6.92 Å². The molecule has 174 valence electrons. The number of nitrogens with one attached hydrogen (secondary N) is 1. The van der Waals surface area contributed by atoms with Crippen molar-refractivity contribution in [1.29, 1.82) is 0 Å². The molecule has 4 aromatic rings. The van der Waals surface area contributed by atoms with Gasteiger partial charge in [0, 0.05) is 17.9 Å². The van der Waals surface area contributed by atoms with E-state index in [0.29, 0.717) is 24.2 Å². The molecular weight excluding hydrogens is 438 g/mol. The lowest BCUT2D eigenvalue weighted by atomic mass is 10.1. The number of carbonyl (C=O) groups is 2. The molecule has 0 unspecified atom stereocenters. The smallest absolute Gasteiger partial charge is 0.349 e. The number of aryl methyl sites for hydroxylation is 1. The zero-order valence-electron chi connectivity index (χ0n) is 18.5. The molecule has 0 radical (unpaired) electrons. The molecule has 2 heterocycles. The summed E-state index contributed by atoms with van der Waals surface area (Å²) < 4.78 is 21.4. The minimum atomic E-state index is -0.791. The van der Waals surface area contributed by atoms with Crippen molar-refractivity contribution in [1.82, 2.24) is 5.32 Å². The van der Waals surface area contributed by atoms with Crippen molar-refractivity contribution < 1.29 is 27.9 Å². The fraction of sp³-hybridized carbons (Fsp3) is 0.192. The van der Waals surface area contributed by atoms with Crippen molar-refractivity contribution in [2.45, 2.75) is 26.3 Å². The lowest BCUT2D eigenvalue weighted by Gasteiger charge is -2.08. The largest absolute Gasteiger partial charge is 0.494 e. The van der Waals surface area contributed by atoms with Crippen LogP contribution in [0.1, 0.15) is 34.5 Å². The summed E-state index contributed by atoms with van der Waals surface area (Å²) in [5.41, 5.74) is 0.436. The molecule has 0 fully saturated rings. The average molecular weight is 461 g/mol. The van der Waals surface area contributed by atoms with Gasteiger partial charge < -0.3 is 23.6 Å². The number of fused-ring (bicyclic) bond motifs is 1. The minimum absolute atomic E-state index is 0.127. The molecule has 0 atom stereocenters. The lowest BCUT2D eigenvalue weighted by molar-refractivity contribution is -0.134. The second kappa shape index (κ2) is 10.5. The first-order valence-corrected chi connectivity index (χ1v) is 10.8. The lowest BCUT2D eigenvalue weighted by Crippen LogP contribution is -2.27. The summed E-state index contributed by atoms with van der Waals surface area (Å²) in [6.45, 7) is 2.53. The summed E-state index contributed by atoms with van der Waals surface area (Å²) in [5, 5.41) is 3.13. The highest BCUT2D eigenvalue weighted by Crippen LogP contribution is 2.21. The van der Waals surface area contributed by atoms with Crippen LogP contribution in [0.5, 0.6) is 11.5 Å². The number of carbonyl (C=O) groups excluding carboxylic acids is 2. The van der Waals surface area contributed by atoms with Gasteiger partial charge in [-0.1, -0.05) is 17.7 Å². The molecular formula is C26H23NO7. The molecule has 0 spiro atoms. The number of benzene rings is 2. The summed E-state index contributed by atoms with van der Waals surface area (Å²) >= 11 is 0. The van der Waals surface area contributed by atoms with Gasteiger partial charge in [0.25, 0.3) is 5.91 Å². The fourth-order valence-electron chi connectivity index (χ4n) is 3.21. The minimum Gasteiger partial charge on any atom is -0.494 e. The molecule has 0 bridgehead atoms. The molecule has 0 saturated carbocycles. The van der Waals surface area contributed by atoms with E-state index in [-0.39, 0.29) is 29.9 Å². The molecule has 4 rings (SSSR count). The Morgan fingerprint density at radius 3 is 2.56 bits per heavy atom. The van der Waals surface area contributed by atoms with Crippen LogP contribution in [-0.4, -0.2) is 18.5 Å². The van der Waals surface area contributed by atoms with Gasteiger partial charge in [0.2, 0.25) is 0 Å². The van der Waals surface area contributed by atoms with E-state index >= 15 is 0 Å². The number of furan rings is 1. The quantitative estimate of drug-likeness (QED) is 0.170. The van der Waals surface area contributed by atoms with Crippen molar-refractivity contribution in [2.24, 2.45) is 0 Å². The van der Waals surface area contributed by atoms with E-state index < -0.39 is 17.5 Å². The summed E-state index contributed by atoms with van der Waals surface area (Å²) in [7, 11) is 0. The van der Waals surface area contributed by atoms with Gasteiger partial charge in [-0.15, -0.1) is 0 Å². The number of ether oxygens (including phenoxy) is 2. The number of hydrogen-bond acceptors (Lipinski definition) is 7. The summed E-state index contributed by atoms with van der Waals surface area (Å²) in [4.78, 5) is 36.8. The van der Waals surface area contributed by atoms with E-state index in [4.69, 9.17) is 18.3 Å². The Morgan fingerprint density at radius 2 is 1.79 bits per heavy atom. The van der Waals surface area contributed by atoms with Gasteiger partial charge >= 0.3 is 11.6 Å². The predicted molar refractivity (Wildman–Crippen MR) is 124 cm³/mol. The fourth-order valence-corrected chi connectivity index (χ4v) is 3.21. The second-order valence-electron chi connectivity index (χ2n) is 7.65. The number of amides is 1. The predicted octanol–water partition coefficient (Wildman–Crippen LogP) is 4.39. The highest BCUT2D eigenvalue weighted by atomic mass is 16.5. The Morgan fingerprint density at radius 1 is 1.00 bits per heavy atom. The summed E-state index contributed by atoms with van der Waals surface area (Å²) in [6, 6.07) is 17.2. The molecule has 0 saturated heterocycles. The third-order valence-electron chi connectivity index (χ3n) is 5.00. The topological polar surface area (TPSA) is 108 Å². The second-order valence-corrected chi connectivity index (χ2v) is 7.65. The van der Waals surface area contributed by atoms with E-state index in [9.17, 15) is 14.4 Å². The van der Waals surface area contributed by atoms with Crippen LogP contribution in [0.4, 0.5) is 0 Å². The van der Waals surface area contributed by atoms with Gasteiger partial charge in [0.1, 0.15) is 28.4 Å². The van der Waals surface area contributed by atoms with Crippen molar-refractivity contribution in [3.8, 4) is 11.5 Å². The highest BCUT2D eigenvalue weighted by molar-refractivity contribution is 5.96. The van der Waals surface area contributed by atoms with E-state index in [1.54, 1.807) is 24.3 Å². The van der Waals surface area contributed by atoms with Crippen molar-refractivity contribution in [3.05, 3.63) is 94.2 Å². The van der Waals surface area contributed by atoms with Gasteiger partial charge in [0.15, 0.2) is 0 Å². The summed E-state index contributed by atoms with van der Waals surface area (Å²) in [5.74, 6) is 0.554. The van der Waals surface area contributed by atoms with E-state index in [1.807, 2.05) is 31.2 Å². The van der Waals surface area contributed by atoms with Crippen molar-refractivity contribution in [3.63, 3.8) is 0 Å². The third-order valence-corrected chi connectivity index (χ3v) is 5.00. The first kappa shape index (κ1) is 22.8. The number of esters is 1. The van der Waals surface area contributed by atoms with Crippen molar-refractivity contribution in [2.75, 3.05) is 6.61 Å². The normalized spacial score (nSPS) is 10.7. The Balaban J connectivity index is 1.32. The Labute approximate surface area is 195 Å². The van der Waals surface area contributed by atoms with E-state index in [1.165, 1.54) is 18.4 Å². The molecule has 0 aliphatic carbocycles. The average Bonchev–Trinajstić information content (AvgIpc) is 3.35. The first-order chi connectivity index (χ1) is 16.5. The molecule has 0 aliphatic rings. The third kappa shape index (κ3) is 5.92. The highest BCUT2D eigenvalue weighted by Gasteiger charge is 2.15. The molecule has 8 heteroatoms. The standard InChI is InChI=1S/C26H23NO7/c1-17-6-9-19(10-7-17)31-13-3-5-24(28)33-20-11-8-18-14-22(26(30)34-23(18)15-20)25(29)27-16-21-4-2-12-32-21/h2,4,6-12,14-15H,3,5,13,16H2,1H3,(H,27,29). The number of hydrogen-bond donors (Lipinski definition) is 1.